The summed E-state index contributed by atoms with van der Waals surface area (Å²) >= 11 is 1.40. The van der Waals surface area contributed by atoms with Crippen molar-refractivity contribution in [3.8, 4) is 5.88 Å². The maximum atomic E-state index is 12.4. The fraction of sp³-hybridized carbons (Fsp3) is 0.143. The number of anilines is 1. The number of hydrogen-bond donors (Lipinski definition) is 1. The van der Waals surface area contributed by atoms with Gasteiger partial charge in [-0.2, -0.15) is 0 Å². The molecule has 2 heterocycles. The molecule has 5 nitrogen and oxygen atoms in total. The quantitative estimate of drug-likeness (QED) is 0.748. The van der Waals surface area contributed by atoms with E-state index in [1.54, 1.807) is 19.2 Å². The first kappa shape index (κ1) is 14.0. The van der Waals surface area contributed by atoms with Gasteiger partial charge in [-0.05, 0) is 24.3 Å². The van der Waals surface area contributed by atoms with Crippen molar-refractivity contribution in [1.82, 2.24) is 9.97 Å². The molecule has 0 amide bonds. The highest BCUT2D eigenvalue weighted by molar-refractivity contribution is 7.86. The van der Waals surface area contributed by atoms with Gasteiger partial charge < -0.3 is 10.5 Å². The van der Waals surface area contributed by atoms with Gasteiger partial charge in [0.1, 0.15) is 0 Å². The molecule has 0 spiro atoms. The van der Waals surface area contributed by atoms with Crippen molar-refractivity contribution in [2.45, 2.75) is 10.1 Å². The van der Waals surface area contributed by atoms with Crippen LogP contribution in [0.3, 0.4) is 0 Å². The maximum Gasteiger partial charge on any atom is 0.213 e. The molecule has 0 bridgehead atoms. The van der Waals surface area contributed by atoms with Gasteiger partial charge in [0.25, 0.3) is 0 Å². The number of methoxy groups -OCH3 is 1. The molecule has 0 aliphatic heterocycles. The van der Waals surface area contributed by atoms with Gasteiger partial charge in [0.05, 0.1) is 39.6 Å². The largest absolute Gasteiger partial charge is 0.481 e. The van der Waals surface area contributed by atoms with Crippen LogP contribution in [0.15, 0.2) is 40.7 Å². The fourth-order valence-electron chi connectivity index (χ4n) is 1.87. The van der Waals surface area contributed by atoms with Gasteiger partial charge in [0.2, 0.25) is 5.88 Å². The van der Waals surface area contributed by atoms with Crippen molar-refractivity contribution in [3.63, 3.8) is 0 Å². The highest BCUT2D eigenvalue weighted by Gasteiger charge is 2.12. The molecule has 3 rings (SSSR count). The average Bonchev–Trinajstić information content (AvgIpc) is 2.90. The van der Waals surface area contributed by atoms with Crippen LogP contribution in [-0.2, 0) is 16.6 Å². The molecule has 108 valence electrons. The van der Waals surface area contributed by atoms with Crippen LogP contribution in [0.2, 0.25) is 0 Å². The number of ether oxygens (including phenoxy) is 1. The van der Waals surface area contributed by atoms with Gasteiger partial charge >= 0.3 is 0 Å². The molecule has 2 aromatic heterocycles. The molecule has 0 saturated carbocycles. The minimum Gasteiger partial charge on any atom is -0.481 e. The summed E-state index contributed by atoms with van der Waals surface area (Å²) in [5.41, 5.74) is 7.95. The van der Waals surface area contributed by atoms with Crippen molar-refractivity contribution < 1.29 is 8.95 Å². The lowest BCUT2D eigenvalue weighted by Gasteiger charge is -2.01. The third kappa shape index (κ3) is 3.03. The number of nitrogens with zero attached hydrogens (tertiary/aromatic N) is 2. The highest BCUT2D eigenvalue weighted by atomic mass is 32.2. The van der Waals surface area contributed by atoms with Gasteiger partial charge in [0, 0.05) is 11.8 Å². The van der Waals surface area contributed by atoms with E-state index < -0.39 is 10.8 Å². The number of benzene rings is 1. The lowest BCUT2D eigenvalue weighted by atomic mass is 10.3. The van der Waals surface area contributed by atoms with Crippen LogP contribution >= 0.6 is 11.3 Å². The zero-order valence-corrected chi connectivity index (χ0v) is 12.9. The standard InChI is InChI=1S/C14H13N3O2S2/c1-19-13-4-2-3-10(16-13)8-21(18)14-17-11-6-5-9(15)7-12(11)20-14/h2-7H,8,15H2,1H3. The molecule has 0 aliphatic carbocycles. The molecule has 2 N–H and O–H groups in total. The number of thiazole rings is 1. The Bertz CT molecular complexity index is 817. The molecule has 21 heavy (non-hydrogen) atoms. The minimum absolute atomic E-state index is 0.312. The van der Waals surface area contributed by atoms with Crippen LogP contribution in [0.5, 0.6) is 5.88 Å². The van der Waals surface area contributed by atoms with Crippen molar-refractivity contribution in [1.29, 1.82) is 0 Å². The van der Waals surface area contributed by atoms with Crippen molar-refractivity contribution in [2.24, 2.45) is 0 Å². The predicted molar refractivity (Wildman–Crippen MR) is 84.9 cm³/mol. The Kier molecular flexibility index (Phi) is 3.85. The Morgan fingerprint density at radius 2 is 2.14 bits per heavy atom. The third-order valence-electron chi connectivity index (χ3n) is 2.86. The summed E-state index contributed by atoms with van der Waals surface area (Å²) in [4.78, 5) is 8.66. The van der Waals surface area contributed by atoms with E-state index in [4.69, 9.17) is 10.5 Å². The number of pyridine rings is 1. The molecule has 1 unspecified atom stereocenters. The first-order valence-electron chi connectivity index (χ1n) is 6.20. The SMILES string of the molecule is COc1cccc(CS(=O)c2nc3ccc(N)cc3s2)n1. The Hall–Kier alpha value is -1.99. The monoisotopic (exact) mass is 319 g/mol. The summed E-state index contributed by atoms with van der Waals surface area (Å²) in [6, 6.07) is 10.9. The Labute approximate surface area is 128 Å². The number of fused-ring (bicyclic) bond motifs is 1. The van der Waals surface area contributed by atoms with Gasteiger partial charge in [-0.15, -0.1) is 11.3 Å². The van der Waals surface area contributed by atoms with E-state index in [0.717, 1.165) is 10.2 Å². The van der Waals surface area contributed by atoms with Crippen molar-refractivity contribution in [2.75, 3.05) is 12.8 Å². The second kappa shape index (κ2) is 5.79. The summed E-state index contributed by atoms with van der Waals surface area (Å²) in [7, 11) is 0.321. The minimum atomic E-state index is -1.24. The van der Waals surface area contributed by atoms with E-state index in [-0.39, 0.29) is 0 Å². The summed E-state index contributed by atoms with van der Waals surface area (Å²) in [5.74, 6) is 0.827. The zero-order chi connectivity index (χ0) is 14.8. The topological polar surface area (TPSA) is 78.1 Å². The Balaban J connectivity index is 1.86. The van der Waals surface area contributed by atoms with Gasteiger partial charge in [-0.1, -0.05) is 6.07 Å². The summed E-state index contributed by atoms with van der Waals surface area (Å²) < 4.78 is 19.0. The number of hydrogen-bond acceptors (Lipinski definition) is 6. The lowest BCUT2D eigenvalue weighted by molar-refractivity contribution is 0.397. The second-order valence-electron chi connectivity index (χ2n) is 4.37. The number of rotatable bonds is 4. The molecule has 0 aliphatic rings. The van der Waals surface area contributed by atoms with Crippen LogP contribution in [0.4, 0.5) is 5.69 Å². The van der Waals surface area contributed by atoms with Gasteiger partial charge in [-0.25, -0.2) is 9.97 Å². The molecule has 0 saturated heterocycles. The molecule has 7 heteroatoms. The Morgan fingerprint density at radius 3 is 2.95 bits per heavy atom. The first-order chi connectivity index (χ1) is 10.2. The summed E-state index contributed by atoms with van der Waals surface area (Å²) in [6.45, 7) is 0. The lowest BCUT2D eigenvalue weighted by Crippen LogP contribution is -1.99. The molecule has 1 aromatic carbocycles. The van der Waals surface area contributed by atoms with Gasteiger partial charge in [0.15, 0.2) is 4.34 Å². The van der Waals surface area contributed by atoms with E-state index in [9.17, 15) is 4.21 Å². The fourth-order valence-corrected chi connectivity index (χ4v) is 4.18. The molecule has 0 fully saturated rings. The number of nitrogen functional groups attached to an aromatic ring is 1. The van der Waals surface area contributed by atoms with Crippen molar-refractivity contribution in [3.05, 3.63) is 42.1 Å². The molecular weight excluding hydrogens is 306 g/mol. The zero-order valence-electron chi connectivity index (χ0n) is 11.3. The normalized spacial score (nSPS) is 12.4. The molecular formula is C14H13N3O2S2. The van der Waals surface area contributed by atoms with Crippen molar-refractivity contribution >= 4 is 38.0 Å². The first-order valence-corrected chi connectivity index (χ1v) is 8.33. The molecule has 1 atom stereocenters. The highest BCUT2D eigenvalue weighted by Crippen LogP contribution is 2.27. The predicted octanol–water partition coefficient (Wildman–Crippen LogP) is 2.59. The van der Waals surface area contributed by atoms with Gasteiger partial charge in [-0.3, -0.25) is 4.21 Å². The van der Waals surface area contributed by atoms with Crippen LogP contribution in [-0.4, -0.2) is 21.3 Å². The van der Waals surface area contributed by atoms with E-state index >= 15 is 0 Å². The van der Waals surface area contributed by atoms with Crippen LogP contribution in [0, 0.1) is 0 Å². The number of aromatic nitrogens is 2. The number of nitrogens with two attached hydrogens (primary N) is 1. The molecule has 0 radical (unpaired) electrons. The molecule has 3 aromatic rings. The van der Waals surface area contributed by atoms with Crippen LogP contribution in [0.25, 0.3) is 10.2 Å². The van der Waals surface area contributed by atoms with E-state index in [2.05, 4.69) is 9.97 Å². The maximum absolute atomic E-state index is 12.4. The van der Waals surface area contributed by atoms with Crippen LogP contribution < -0.4 is 10.5 Å². The summed E-state index contributed by atoms with van der Waals surface area (Å²) in [5, 5.41) is 0. The Morgan fingerprint density at radius 1 is 1.29 bits per heavy atom. The van der Waals surface area contributed by atoms with E-state index in [0.29, 0.717) is 27.4 Å². The van der Waals surface area contributed by atoms with E-state index in [1.807, 2.05) is 24.3 Å². The van der Waals surface area contributed by atoms with E-state index in [1.165, 1.54) is 11.3 Å². The average molecular weight is 319 g/mol. The third-order valence-corrected chi connectivity index (χ3v) is 5.52. The smallest absolute Gasteiger partial charge is 0.213 e. The van der Waals surface area contributed by atoms with Crippen LogP contribution in [0.1, 0.15) is 5.69 Å². The summed E-state index contributed by atoms with van der Waals surface area (Å²) in [6.07, 6.45) is 0. The second-order valence-corrected chi connectivity index (χ2v) is 7.02.